The third kappa shape index (κ3) is 4.02. The van der Waals surface area contributed by atoms with Crippen molar-refractivity contribution < 1.29 is 26.1 Å². The average molecular weight is 328 g/mol. The highest BCUT2D eigenvalue weighted by atomic mass is 32.2. The summed E-state index contributed by atoms with van der Waals surface area (Å²) in [5.74, 6) is -2.29. The third-order valence-electron chi connectivity index (χ3n) is 2.90. The van der Waals surface area contributed by atoms with Crippen molar-refractivity contribution in [3.8, 4) is 5.75 Å². The number of halogens is 2. The molecule has 0 aliphatic rings. The predicted molar refractivity (Wildman–Crippen MR) is 76.2 cm³/mol. The quantitative estimate of drug-likeness (QED) is 0.765. The van der Waals surface area contributed by atoms with Crippen LogP contribution in [0.1, 0.15) is 5.56 Å². The molecule has 0 radical (unpaired) electrons. The first-order valence-corrected chi connectivity index (χ1v) is 7.80. The summed E-state index contributed by atoms with van der Waals surface area (Å²) in [5.41, 5.74) is 0.958. The van der Waals surface area contributed by atoms with E-state index in [9.17, 15) is 17.2 Å². The van der Waals surface area contributed by atoms with Crippen LogP contribution < -0.4 is 4.18 Å². The van der Waals surface area contributed by atoms with Crippen LogP contribution in [-0.4, -0.2) is 22.1 Å². The van der Waals surface area contributed by atoms with Crippen molar-refractivity contribution in [1.82, 2.24) is 0 Å². The number of hydrogen-bond acceptors (Lipinski definition) is 4. The fourth-order valence-electron chi connectivity index (χ4n) is 1.74. The van der Waals surface area contributed by atoms with Gasteiger partial charge in [0.05, 0.1) is 6.61 Å². The Morgan fingerprint density at radius 3 is 2.27 bits per heavy atom. The molecule has 22 heavy (non-hydrogen) atoms. The minimum atomic E-state index is -4.21. The first-order chi connectivity index (χ1) is 10.4. The van der Waals surface area contributed by atoms with Crippen LogP contribution in [0.25, 0.3) is 0 Å². The Kier molecular flexibility index (Phi) is 5.10. The molecule has 7 heteroatoms. The topological polar surface area (TPSA) is 52.6 Å². The molecule has 2 aromatic rings. The van der Waals surface area contributed by atoms with Crippen LogP contribution in [-0.2, 0) is 21.3 Å². The molecule has 0 fully saturated rings. The van der Waals surface area contributed by atoms with Gasteiger partial charge in [0.1, 0.15) is 10.6 Å². The van der Waals surface area contributed by atoms with Crippen LogP contribution in [0.4, 0.5) is 8.78 Å². The molecular weight excluding hydrogens is 314 g/mol. The number of methoxy groups -OCH3 is 1. The van der Waals surface area contributed by atoms with Gasteiger partial charge in [-0.3, -0.25) is 0 Å². The maximum absolute atomic E-state index is 13.1. The fraction of sp³-hybridized carbons (Fsp3) is 0.200. The van der Waals surface area contributed by atoms with Gasteiger partial charge in [0, 0.05) is 7.11 Å². The Morgan fingerprint density at radius 2 is 1.68 bits per heavy atom. The van der Waals surface area contributed by atoms with Gasteiger partial charge in [-0.25, -0.2) is 8.78 Å². The van der Waals surface area contributed by atoms with Gasteiger partial charge < -0.3 is 8.92 Å². The van der Waals surface area contributed by atoms with Gasteiger partial charge in [0.15, 0.2) is 11.6 Å². The maximum Gasteiger partial charge on any atom is 0.339 e. The minimum absolute atomic E-state index is 0.0888. The molecular formula is C15H14F2O4S. The minimum Gasteiger partial charge on any atom is -0.384 e. The van der Waals surface area contributed by atoms with Crippen LogP contribution in [0.2, 0.25) is 0 Å². The van der Waals surface area contributed by atoms with Crippen LogP contribution in [0.3, 0.4) is 0 Å². The van der Waals surface area contributed by atoms with Crippen molar-refractivity contribution in [3.63, 3.8) is 0 Å². The van der Waals surface area contributed by atoms with Gasteiger partial charge in [0.25, 0.3) is 0 Å². The molecule has 0 spiro atoms. The molecule has 0 aliphatic heterocycles. The highest BCUT2D eigenvalue weighted by Gasteiger charge is 2.18. The second-order valence-corrected chi connectivity index (χ2v) is 6.05. The van der Waals surface area contributed by atoms with Gasteiger partial charge in [-0.2, -0.15) is 8.42 Å². The summed E-state index contributed by atoms with van der Waals surface area (Å²) in [7, 11) is -2.62. The summed E-state index contributed by atoms with van der Waals surface area (Å²) in [4.78, 5) is -0.449. The van der Waals surface area contributed by atoms with E-state index in [0.717, 1.165) is 17.7 Å². The normalized spacial score (nSPS) is 11.4. The summed E-state index contributed by atoms with van der Waals surface area (Å²) in [5, 5.41) is 0. The van der Waals surface area contributed by atoms with Crippen LogP contribution in [0, 0.1) is 11.6 Å². The monoisotopic (exact) mass is 328 g/mol. The van der Waals surface area contributed by atoms with Crippen molar-refractivity contribution in [2.24, 2.45) is 0 Å². The molecule has 0 amide bonds. The first kappa shape index (κ1) is 16.4. The zero-order chi connectivity index (χ0) is 16.2. The van der Waals surface area contributed by atoms with Gasteiger partial charge in [-0.05, 0) is 42.3 Å². The average Bonchev–Trinajstić information content (AvgIpc) is 2.49. The van der Waals surface area contributed by atoms with Crippen LogP contribution in [0.5, 0.6) is 5.75 Å². The van der Waals surface area contributed by atoms with E-state index in [-0.39, 0.29) is 5.75 Å². The van der Waals surface area contributed by atoms with Gasteiger partial charge in [-0.1, -0.05) is 12.1 Å². The maximum atomic E-state index is 13.1. The van der Waals surface area contributed by atoms with E-state index in [4.69, 9.17) is 8.92 Å². The predicted octanol–water partition coefficient (Wildman–Crippen LogP) is 2.92. The summed E-state index contributed by atoms with van der Waals surface area (Å²) in [6.45, 7) is 0.549. The lowest BCUT2D eigenvalue weighted by Crippen LogP contribution is -2.10. The van der Waals surface area contributed by atoms with Crippen molar-refractivity contribution >= 4 is 10.1 Å². The SMILES string of the molecule is COCCc1ccc(OS(=O)(=O)c2ccc(F)c(F)c2)cc1. The molecule has 2 rings (SSSR count). The number of hydrogen-bond donors (Lipinski definition) is 0. The zero-order valence-corrected chi connectivity index (χ0v) is 12.6. The van der Waals surface area contributed by atoms with Crippen molar-refractivity contribution in [1.29, 1.82) is 0 Å². The van der Waals surface area contributed by atoms with E-state index < -0.39 is 26.6 Å². The number of ether oxygens (including phenoxy) is 1. The van der Waals surface area contributed by atoms with Gasteiger partial charge >= 0.3 is 10.1 Å². The molecule has 0 bridgehead atoms. The second-order valence-electron chi connectivity index (χ2n) is 4.50. The summed E-state index contributed by atoms with van der Waals surface area (Å²) >= 11 is 0. The van der Waals surface area contributed by atoms with E-state index in [1.165, 1.54) is 12.1 Å². The van der Waals surface area contributed by atoms with E-state index in [2.05, 4.69) is 0 Å². The van der Waals surface area contributed by atoms with E-state index in [1.807, 2.05) is 0 Å². The van der Waals surface area contributed by atoms with Gasteiger partial charge in [0.2, 0.25) is 0 Å². The summed E-state index contributed by atoms with van der Waals surface area (Å²) in [6.07, 6.45) is 0.687. The van der Waals surface area contributed by atoms with Gasteiger partial charge in [-0.15, -0.1) is 0 Å². The molecule has 0 heterocycles. The molecule has 2 aromatic carbocycles. The van der Waals surface area contributed by atoms with Crippen molar-refractivity contribution in [3.05, 3.63) is 59.7 Å². The smallest absolute Gasteiger partial charge is 0.339 e. The molecule has 0 aliphatic carbocycles. The van der Waals surface area contributed by atoms with Crippen molar-refractivity contribution in [2.45, 2.75) is 11.3 Å². The Morgan fingerprint density at radius 1 is 1.00 bits per heavy atom. The van der Waals surface area contributed by atoms with Crippen LogP contribution in [0.15, 0.2) is 47.4 Å². The molecule has 0 saturated heterocycles. The lowest BCUT2D eigenvalue weighted by molar-refractivity contribution is 0.202. The fourth-order valence-corrected chi connectivity index (χ4v) is 2.68. The Hall–Kier alpha value is -1.99. The molecule has 118 valence electrons. The molecule has 0 atom stereocenters. The second kappa shape index (κ2) is 6.85. The summed E-state index contributed by atoms with van der Waals surface area (Å²) in [6, 6.07) is 8.65. The lowest BCUT2D eigenvalue weighted by Gasteiger charge is -2.08. The standard InChI is InChI=1S/C15H14F2O4S/c1-20-9-8-11-2-4-12(5-3-11)21-22(18,19)13-6-7-14(16)15(17)10-13/h2-7,10H,8-9H2,1H3. The highest BCUT2D eigenvalue weighted by molar-refractivity contribution is 7.87. The largest absolute Gasteiger partial charge is 0.384 e. The lowest BCUT2D eigenvalue weighted by atomic mass is 10.1. The van der Waals surface area contributed by atoms with E-state index in [1.54, 1.807) is 19.2 Å². The highest BCUT2D eigenvalue weighted by Crippen LogP contribution is 2.20. The Bertz CT molecular complexity index is 743. The summed E-state index contributed by atoms with van der Waals surface area (Å²) < 4.78 is 59.8. The molecule has 0 N–H and O–H groups in total. The third-order valence-corrected chi connectivity index (χ3v) is 4.15. The van der Waals surface area contributed by atoms with Crippen molar-refractivity contribution in [2.75, 3.05) is 13.7 Å². The Balaban J connectivity index is 2.16. The first-order valence-electron chi connectivity index (χ1n) is 6.40. The zero-order valence-electron chi connectivity index (χ0n) is 11.8. The molecule has 0 aromatic heterocycles. The van der Waals surface area contributed by atoms with E-state index in [0.29, 0.717) is 19.1 Å². The molecule has 0 unspecified atom stereocenters. The molecule has 0 saturated carbocycles. The number of benzene rings is 2. The van der Waals surface area contributed by atoms with E-state index >= 15 is 0 Å². The number of rotatable bonds is 6. The molecule has 4 nitrogen and oxygen atoms in total. The van der Waals surface area contributed by atoms with Crippen LogP contribution >= 0.6 is 0 Å². The Labute approximate surface area is 127 Å².